The molecule has 0 aromatic heterocycles. The van der Waals surface area contributed by atoms with Crippen LogP contribution in [0, 0.1) is 17.3 Å². The average molecular weight is 308 g/mol. The van der Waals surface area contributed by atoms with E-state index < -0.39 is 48.3 Å². The lowest BCUT2D eigenvalue weighted by molar-refractivity contribution is -0.0505. The van der Waals surface area contributed by atoms with Crippen molar-refractivity contribution in [1.82, 2.24) is 0 Å². The molecule has 1 aromatic carbocycles. The molecule has 0 bridgehead atoms. The molecule has 0 saturated heterocycles. The highest BCUT2D eigenvalue weighted by molar-refractivity contribution is 5.40. The molecule has 3 aliphatic carbocycles. The Hall–Kier alpha value is -1.10. The average Bonchev–Trinajstić information content (AvgIpc) is 2.74. The Morgan fingerprint density at radius 1 is 1.23 bits per heavy atom. The van der Waals surface area contributed by atoms with Gasteiger partial charge in [0.2, 0.25) is 0 Å². The summed E-state index contributed by atoms with van der Waals surface area (Å²) in [7, 11) is 0. The molecular formula is C18H24O4. The van der Waals surface area contributed by atoms with Crippen LogP contribution < -0.4 is 0 Å². The summed E-state index contributed by atoms with van der Waals surface area (Å²) in [6, 6.07) is 4.38. The maximum atomic E-state index is 10.6. The van der Waals surface area contributed by atoms with Crippen LogP contribution in [0.3, 0.4) is 0 Å². The van der Waals surface area contributed by atoms with Crippen LogP contribution in [0.5, 0.6) is 5.75 Å². The number of aliphatic hydroxyl groups excluding tert-OH is 3. The van der Waals surface area contributed by atoms with Gasteiger partial charge in [0.15, 0.2) is 0 Å². The third-order valence-corrected chi connectivity index (χ3v) is 6.10. The standard InChI is InChI=1S/C18H24O4/c1-18-7-6-12-11-5-3-10(19)8-9(11)2-4-13(12)14(18)15(20)16(21)17(18)22/h3,5,8,12-17,19-22H,2,4,6-7H2,1H3/t12-,13-,14-,15-,16-,17+,18+/m1/s1/i2D2,4D2. The molecule has 2 fully saturated rings. The molecule has 4 heteroatoms. The highest BCUT2D eigenvalue weighted by Gasteiger charge is 2.62. The lowest BCUT2D eigenvalue weighted by atomic mass is 9.55. The zero-order valence-corrected chi connectivity index (χ0v) is 12.4. The Labute approximate surface area is 136 Å². The Balaban J connectivity index is 1.93. The summed E-state index contributed by atoms with van der Waals surface area (Å²) in [5.74, 6) is -2.13. The van der Waals surface area contributed by atoms with E-state index in [0.717, 1.165) is 0 Å². The summed E-state index contributed by atoms with van der Waals surface area (Å²) in [4.78, 5) is 0. The summed E-state index contributed by atoms with van der Waals surface area (Å²) in [5.41, 5.74) is -0.100. The molecule has 3 aliphatic rings. The minimum Gasteiger partial charge on any atom is -0.508 e. The number of benzene rings is 1. The zero-order chi connectivity index (χ0) is 19.2. The molecule has 120 valence electrons. The van der Waals surface area contributed by atoms with E-state index >= 15 is 0 Å². The molecule has 0 spiro atoms. The summed E-state index contributed by atoms with van der Waals surface area (Å²) >= 11 is 0. The number of fused-ring (bicyclic) bond motifs is 5. The van der Waals surface area contributed by atoms with E-state index in [0.29, 0.717) is 18.4 Å². The van der Waals surface area contributed by atoms with Gasteiger partial charge >= 0.3 is 0 Å². The van der Waals surface area contributed by atoms with Crippen LogP contribution in [0.4, 0.5) is 0 Å². The fraction of sp³-hybridized carbons (Fsp3) is 0.667. The van der Waals surface area contributed by atoms with E-state index in [1.807, 2.05) is 0 Å². The molecule has 7 atom stereocenters. The molecule has 22 heavy (non-hydrogen) atoms. The van der Waals surface area contributed by atoms with E-state index in [-0.39, 0.29) is 17.2 Å². The van der Waals surface area contributed by atoms with Crippen molar-refractivity contribution in [3.8, 4) is 5.75 Å². The first-order chi connectivity index (χ1) is 11.9. The number of phenolic OH excluding ortho intramolecular Hbond substituents is 1. The molecule has 0 heterocycles. The number of aromatic hydroxyl groups is 1. The highest BCUT2D eigenvalue weighted by atomic mass is 16.4. The van der Waals surface area contributed by atoms with Crippen LogP contribution in [0.25, 0.3) is 0 Å². The first kappa shape index (κ1) is 10.6. The summed E-state index contributed by atoms with van der Waals surface area (Å²) in [5, 5.41) is 41.1. The van der Waals surface area contributed by atoms with Gasteiger partial charge in [-0.3, -0.25) is 0 Å². The number of aliphatic hydroxyl groups is 3. The molecule has 0 amide bonds. The minimum atomic E-state index is -2.38. The Bertz CT molecular complexity index is 755. The minimum absolute atomic E-state index is 0.116. The SMILES string of the molecule is [2H]C1([2H])c2cc(O)ccc2[C@H]2CC[C@@]3(C)[C@@H]([C@@H](O)[C@@H](O)[C@@H]3O)[C@@H]2C1([2H])[2H]. The summed E-state index contributed by atoms with van der Waals surface area (Å²) < 4.78 is 34.3. The van der Waals surface area contributed by atoms with E-state index in [1.165, 1.54) is 12.1 Å². The van der Waals surface area contributed by atoms with Crippen LogP contribution >= 0.6 is 0 Å². The Morgan fingerprint density at radius 2 is 2.00 bits per heavy atom. The van der Waals surface area contributed by atoms with Crippen molar-refractivity contribution in [3.63, 3.8) is 0 Å². The van der Waals surface area contributed by atoms with Crippen molar-refractivity contribution in [2.24, 2.45) is 17.3 Å². The molecule has 2 saturated carbocycles. The molecule has 0 aliphatic heterocycles. The van der Waals surface area contributed by atoms with Crippen molar-refractivity contribution >= 4 is 0 Å². The van der Waals surface area contributed by atoms with Crippen molar-refractivity contribution in [2.45, 2.75) is 56.7 Å². The van der Waals surface area contributed by atoms with Crippen molar-refractivity contribution in [2.75, 3.05) is 0 Å². The van der Waals surface area contributed by atoms with Gasteiger partial charge in [-0.1, -0.05) is 13.0 Å². The maximum Gasteiger partial charge on any atom is 0.115 e. The quantitative estimate of drug-likeness (QED) is 0.586. The maximum absolute atomic E-state index is 10.6. The van der Waals surface area contributed by atoms with E-state index in [2.05, 4.69) is 0 Å². The first-order valence-corrected chi connectivity index (χ1v) is 7.82. The van der Waals surface area contributed by atoms with Crippen LogP contribution in [0.15, 0.2) is 18.2 Å². The molecule has 4 rings (SSSR count). The van der Waals surface area contributed by atoms with E-state index in [9.17, 15) is 20.4 Å². The van der Waals surface area contributed by atoms with Gasteiger partial charge in [-0.25, -0.2) is 0 Å². The van der Waals surface area contributed by atoms with Gasteiger partial charge in [-0.15, -0.1) is 0 Å². The molecule has 4 N–H and O–H groups in total. The fourth-order valence-corrected chi connectivity index (χ4v) is 4.89. The summed E-state index contributed by atoms with van der Waals surface area (Å²) in [6.45, 7) is 1.75. The van der Waals surface area contributed by atoms with Gasteiger partial charge in [0, 0.05) is 10.9 Å². The van der Waals surface area contributed by atoms with Crippen molar-refractivity contribution in [1.29, 1.82) is 0 Å². The van der Waals surface area contributed by atoms with Gasteiger partial charge in [0.1, 0.15) is 11.9 Å². The van der Waals surface area contributed by atoms with Crippen molar-refractivity contribution in [3.05, 3.63) is 29.3 Å². The monoisotopic (exact) mass is 308 g/mol. The third-order valence-electron chi connectivity index (χ3n) is 6.10. The fourth-order valence-electron chi connectivity index (χ4n) is 4.89. The second kappa shape index (κ2) is 4.70. The summed E-state index contributed by atoms with van der Waals surface area (Å²) in [6.07, 6.45) is -7.56. The first-order valence-electron chi connectivity index (χ1n) is 9.82. The second-order valence-corrected chi connectivity index (χ2v) is 7.17. The molecule has 0 radical (unpaired) electrons. The van der Waals surface area contributed by atoms with Gasteiger partial charge in [0.25, 0.3) is 0 Å². The van der Waals surface area contributed by atoms with Gasteiger partial charge in [-0.2, -0.15) is 0 Å². The number of hydrogen-bond donors (Lipinski definition) is 4. The van der Waals surface area contributed by atoms with Gasteiger partial charge in [0.05, 0.1) is 12.2 Å². The lowest BCUT2D eigenvalue weighted by Crippen LogP contribution is -2.46. The second-order valence-electron chi connectivity index (χ2n) is 7.17. The molecule has 0 unspecified atom stereocenters. The predicted molar refractivity (Wildman–Crippen MR) is 81.5 cm³/mol. The topological polar surface area (TPSA) is 80.9 Å². The predicted octanol–water partition coefficient (Wildman–Crippen LogP) is 1.55. The number of rotatable bonds is 0. The van der Waals surface area contributed by atoms with Crippen LogP contribution in [-0.2, 0) is 6.37 Å². The number of hydrogen-bond acceptors (Lipinski definition) is 4. The highest BCUT2D eigenvalue weighted by Crippen LogP contribution is 2.60. The largest absolute Gasteiger partial charge is 0.508 e. The van der Waals surface area contributed by atoms with Gasteiger partial charge < -0.3 is 20.4 Å². The van der Waals surface area contributed by atoms with Crippen LogP contribution in [0.2, 0.25) is 0 Å². The third kappa shape index (κ3) is 1.75. The van der Waals surface area contributed by atoms with Crippen molar-refractivity contribution < 1.29 is 25.9 Å². The van der Waals surface area contributed by atoms with Crippen LogP contribution in [-0.4, -0.2) is 38.7 Å². The van der Waals surface area contributed by atoms with Crippen LogP contribution in [0.1, 0.15) is 48.7 Å². The van der Waals surface area contributed by atoms with E-state index in [1.54, 1.807) is 13.0 Å². The van der Waals surface area contributed by atoms with E-state index in [4.69, 9.17) is 5.48 Å². The lowest BCUT2D eigenvalue weighted by Gasteiger charge is -2.50. The molecule has 1 aromatic rings. The van der Waals surface area contributed by atoms with Gasteiger partial charge in [-0.05, 0) is 66.6 Å². The number of phenols is 1. The molecule has 4 nitrogen and oxygen atoms in total. The zero-order valence-electron chi connectivity index (χ0n) is 16.4. The molecular weight excluding hydrogens is 280 g/mol. The number of aryl methyl sites for hydroxylation is 1. The smallest absolute Gasteiger partial charge is 0.115 e. The Morgan fingerprint density at radius 3 is 2.77 bits per heavy atom. The normalized spacial score (nSPS) is 54.0. The Kier molecular flexibility index (Phi) is 2.27.